The van der Waals surface area contributed by atoms with E-state index in [0.29, 0.717) is 28.8 Å². The van der Waals surface area contributed by atoms with Gasteiger partial charge in [0.05, 0.1) is 16.3 Å². The second-order valence-corrected chi connectivity index (χ2v) is 8.74. The summed E-state index contributed by atoms with van der Waals surface area (Å²) in [5, 5.41) is -0.0232. The van der Waals surface area contributed by atoms with Crippen molar-refractivity contribution in [1.29, 1.82) is 0 Å². The lowest BCUT2D eigenvalue weighted by atomic mass is 10.2. The Labute approximate surface area is 201 Å². The van der Waals surface area contributed by atoms with Gasteiger partial charge in [-0.1, -0.05) is 41.9 Å². The molecule has 0 saturated carbocycles. The normalized spacial score (nSPS) is 14.9. The van der Waals surface area contributed by atoms with Crippen LogP contribution >= 0.6 is 11.6 Å². The van der Waals surface area contributed by atoms with Crippen LogP contribution in [0.4, 0.5) is 36.4 Å². The predicted molar refractivity (Wildman–Crippen MR) is 130 cm³/mol. The minimum atomic E-state index is -4.47. The first-order valence-electron chi connectivity index (χ1n) is 10.9. The SMILES string of the molecule is Cc1c(N)nc(N2CCN(Cc3ccccc3)CC2)nc1N(C)c1ccc(C(F)(F)F)cc1Cl. The molecule has 4 rings (SSSR count). The summed E-state index contributed by atoms with van der Waals surface area (Å²) >= 11 is 6.21. The molecule has 10 heteroatoms. The molecule has 1 aliphatic rings. The maximum atomic E-state index is 13.0. The van der Waals surface area contributed by atoms with E-state index in [2.05, 4.69) is 26.9 Å². The molecule has 0 radical (unpaired) electrons. The molecule has 1 saturated heterocycles. The van der Waals surface area contributed by atoms with Crippen LogP contribution in [-0.2, 0) is 12.7 Å². The van der Waals surface area contributed by atoms with Crippen molar-refractivity contribution in [3.05, 3.63) is 70.2 Å². The molecule has 1 aliphatic heterocycles. The lowest BCUT2D eigenvalue weighted by molar-refractivity contribution is -0.137. The molecule has 1 aromatic heterocycles. The second kappa shape index (κ2) is 9.68. The van der Waals surface area contributed by atoms with E-state index in [1.54, 1.807) is 18.9 Å². The van der Waals surface area contributed by atoms with Crippen LogP contribution in [0.2, 0.25) is 5.02 Å². The van der Waals surface area contributed by atoms with Crippen LogP contribution in [0.1, 0.15) is 16.7 Å². The number of piperazine rings is 1. The molecule has 0 amide bonds. The largest absolute Gasteiger partial charge is 0.416 e. The van der Waals surface area contributed by atoms with Crippen LogP contribution < -0.4 is 15.5 Å². The molecule has 1 fully saturated rings. The van der Waals surface area contributed by atoms with Gasteiger partial charge in [0, 0.05) is 45.3 Å². The van der Waals surface area contributed by atoms with Gasteiger partial charge in [-0.3, -0.25) is 4.90 Å². The number of nitrogen functional groups attached to an aromatic ring is 1. The molecule has 34 heavy (non-hydrogen) atoms. The number of hydrogen-bond acceptors (Lipinski definition) is 6. The third-order valence-electron chi connectivity index (χ3n) is 6.00. The summed E-state index contributed by atoms with van der Waals surface area (Å²) in [7, 11) is 1.70. The van der Waals surface area contributed by atoms with E-state index in [4.69, 9.17) is 22.3 Å². The van der Waals surface area contributed by atoms with Crippen molar-refractivity contribution in [3.8, 4) is 0 Å². The Morgan fingerprint density at radius 2 is 1.71 bits per heavy atom. The van der Waals surface area contributed by atoms with Crippen LogP contribution in [-0.4, -0.2) is 48.1 Å². The van der Waals surface area contributed by atoms with Gasteiger partial charge in [-0.25, -0.2) is 0 Å². The predicted octanol–water partition coefficient (Wildman–Crippen LogP) is 5.13. The van der Waals surface area contributed by atoms with Crippen LogP contribution in [0, 0.1) is 6.92 Å². The van der Waals surface area contributed by atoms with E-state index in [9.17, 15) is 13.2 Å². The summed E-state index contributed by atoms with van der Waals surface area (Å²) in [5.74, 6) is 1.31. The van der Waals surface area contributed by atoms with Gasteiger partial charge in [0.1, 0.15) is 11.6 Å². The van der Waals surface area contributed by atoms with E-state index in [-0.39, 0.29) is 5.02 Å². The van der Waals surface area contributed by atoms with Crippen molar-refractivity contribution in [2.45, 2.75) is 19.6 Å². The second-order valence-electron chi connectivity index (χ2n) is 8.33. The molecule has 0 atom stereocenters. The molecule has 2 N–H and O–H groups in total. The van der Waals surface area contributed by atoms with E-state index in [1.807, 2.05) is 18.2 Å². The van der Waals surface area contributed by atoms with Crippen molar-refractivity contribution >= 4 is 34.9 Å². The zero-order valence-electron chi connectivity index (χ0n) is 19.0. The van der Waals surface area contributed by atoms with Crippen LogP contribution in [0.15, 0.2) is 48.5 Å². The van der Waals surface area contributed by atoms with E-state index in [0.717, 1.165) is 44.9 Å². The Morgan fingerprint density at radius 1 is 1.03 bits per heavy atom. The Kier molecular flexibility index (Phi) is 6.86. The molecule has 0 bridgehead atoms. The first-order chi connectivity index (χ1) is 16.1. The van der Waals surface area contributed by atoms with Crippen LogP contribution in [0.5, 0.6) is 0 Å². The van der Waals surface area contributed by atoms with Gasteiger partial charge < -0.3 is 15.5 Å². The summed E-state index contributed by atoms with van der Waals surface area (Å²) in [5.41, 5.74) is 7.69. The number of nitrogens with two attached hydrogens (primary N) is 1. The summed E-state index contributed by atoms with van der Waals surface area (Å²) < 4.78 is 39.1. The van der Waals surface area contributed by atoms with Crippen molar-refractivity contribution in [3.63, 3.8) is 0 Å². The van der Waals surface area contributed by atoms with Gasteiger partial charge in [-0.15, -0.1) is 0 Å². The fraction of sp³-hybridized carbons (Fsp3) is 0.333. The number of anilines is 4. The lowest BCUT2D eigenvalue weighted by Crippen LogP contribution is -2.46. The highest BCUT2D eigenvalue weighted by atomic mass is 35.5. The number of benzene rings is 2. The van der Waals surface area contributed by atoms with Gasteiger partial charge in [-0.05, 0) is 30.7 Å². The molecule has 6 nitrogen and oxygen atoms in total. The van der Waals surface area contributed by atoms with Crippen molar-refractivity contribution < 1.29 is 13.2 Å². The Bertz CT molecular complexity index is 1150. The molecular weight excluding hydrogens is 465 g/mol. The van der Waals surface area contributed by atoms with Crippen molar-refractivity contribution in [2.75, 3.05) is 48.8 Å². The molecule has 0 spiro atoms. The summed E-state index contributed by atoms with van der Waals surface area (Å²) in [6.45, 7) is 5.83. The average molecular weight is 491 g/mol. The first kappa shape index (κ1) is 24.1. The number of rotatable bonds is 5. The van der Waals surface area contributed by atoms with Gasteiger partial charge in [0.25, 0.3) is 0 Å². The maximum Gasteiger partial charge on any atom is 0.416 e. The Hall–Kier alpha value is -3.04. The molecule has 0 aliphatic carbocycles. The molecule has 2 aromatic carbocycles. The van der Waals surface area contributed by atoms with Crippen molar-refractivity contribution in [1.82, 2.24) is 14.9 Å². The van der Waals surface area contributed by atoms with E-state index < -0.39 is 11.7 Å². The fourth-order valence-corrected chi connectivity index (χ4v) is 4.30. The first-order valence-corrected chi connectivity index (χ1v) is 11.3. The highest BCUT2D eigenvalue weighted by Crippen LogP contribution is 2.38. The fourth-order valence-electron chi connectivity index (χ4n) is 3.99. The smallest absolute Gasteiger partial charge is 0.383 e. The van der Waals surface area contributed by atoms with Gasteiger partial charge in [0.2, 0.25) is 5.95 Å². The monoisotopic (exact) mass is 490 g/mol. The van der Waals surface area contributed by atoms with Crippen molar-refractivity contribution in [2.24, 2.45) is 0 Å². The summed E-state index contributed by atoms with van der Waals surface area (Å²) in [6, 6.07) is 13.6. The van der Waals surface area contributed by atoms with Crippen LogP contribution in [0.25, 0.3) is 0 Å². The highest BCUT2D eigenvalue weighted by molar-refractivity contribution is 6.33. The Balaban J connectivity index is 1.53. The van der Waals surface area contributed by atoms with E-state index in [1.165, 1.54) is 11.6 Å². The van der Waals surface area contributed by atoms with Gasteiger partial charge in [-0.2, -0.15) is 23.1 Å². The minimum Gasteiger partial charge on any atom is -0.383 e. The average Bonchev–Trinajstić information content (AvgIpc) is 2.81. The molecule has 2 heterocycles. The Morgan fingerprint density at radius 3 is 2.32 bits per heavy atom. The highest BCUT2D eigenvalue weighted by Gasteiger charge is 2.31. The lowest BCUT2D eigenvalue weighted by Gasteiger charge is -2.35. The van der Waals surface area contributed by atoms with E-state index >= 15 is 0 Å². The zero-order chi connectivity index (χ0) is 24.5. The number of alkyl halides is 3. The third-order valence-corrected chi connectivity index (χ3v) is 6.31. The molecular formula is C24H26ClF3N6. The number of halogens is 4. The summed E-state index contributed by atoms with van der Waals surface area (Å²) in [6.07, 6.45) is -4.47. The quantitative estimate of drug-likeness (QED) is 0.535. The number of aromatic nitrogens is 2. The topological polar surface area (TPSA) is 61.5 Å². The van der Waals surface area contributed by atoms with Gasteiger partial charge >= 0.3 is 6.18 Å². The standard InChI is InChI=1S/C24H26ClF3N6/c1-16-21(29)30-23(34-12-10-33(11-13-34)15-17-6-4-3-5-7-17)31-22(16)32(2)20-9-8-18(14-19(20)25)24(26,27)28/h3-9,14H,10-13,15H2,1-2H3,(H2,29,30,31). The van der Waals surface area contributed by atoms with Crippen LogP contribution in [0.3, 0.4) is 0 Å². The summed E-state index contributed by atoms with van der Waals surface area (Å²) in [4.78, 5) is 15.3. The molecule has 3 aromatic rings. The third kappa shape index (κ3) is 5.20. The minimum absolute atomic E-state index is 0.0232. The zero-order valence-corrected chi connectivity index (χ0v) is 19.7. The number of hydrogen-bond donors (Lipinski definition) is 1. The maximum absolute atomic E-state index is 13.0. The van der Waals surface area contributed by atoms with Gasteiger partial charge in [0.15, 0.2) is 0 Å². The molecule has 0 unspecified atom stereocenters. The number of nitrogens with zero attached hydrogens (tertiary/aromatic N) is 5. The molecule has 180 valence electrons.